The summed E-state index contributed by atoms with van der Waals surface area (Å²) in [5.41, 5.74) is 3.88. The van der Waals surface area contributed by atoms with Crippen molar-refractivity contribution < 1.29 is 4.79 Å². The van der Waals surface area contributed by atoms with Gasteiger partial charge in [0.1, 0.15) is 0 Å². The lowest BCUT2D eigenvalue weighted by Crippen LogP contribution is -2.27. The molecular formula is C22H19NO. The number of hydrogen-bond acceptors (Lipinski definition) is 1. The van der Waals surface area contributed by atoms with Crippen molar-refractivity contribution in [3.63, 3.8) is 0 Å². The molecule has 0 fully saturated rings. The Bertz CT molecular complexity index is 825. The van der Waals surface area contributed by atoms with E-state index in [-0.39, 0.29) is 11.9 Å². The first kappa shape index (κ1) is 15.8. The summed E-state index contributed by atoms with van der Waals surface area (Å²) in [6.07, 6.45) is 1.77. The lowest BCUT2D eigenvalue weighted by Gasteiger charge is -2.19. The monoisotopic (exact) mass is 313 g/mol. The fourth-order valence-electron chi connectivity index (χ4n) is 2.73. The van der Waals surface area contributed by atoms with Crippen molar-refractivity contribution in [1.82, 2.24) is 5.32 Å². The summed E-state index contributed by atoms with van der Waals surface area (Å²) in [6.45, 7) is 3.90. The topological polar surface area (TPSA) is 29.1 Å². The predicted molar refractivity (Wildman–Crippen MR) is 98.7 cm³/mol. The quantitative estimate of drug-likeness (QED) is 0.659. The third-order valence-corrected chi connectivity index (χ3v) is 3.94. The van der Waals surface area contributed by atoms with E-state index >= 15 is 0 Å². The summed E-state index contributed by atoms with van der Waals surface area (Å²) in [6, 6.07) is 27.2. The maximum Gasteiger partial charge on any atom is 0.252 e. The molecule has 2 nitrogen and oxygen atoms in total. The van der Waals surface area contributed by atoms with E-state index < -0.39 is 0 Å². The van der Waals surface area contributed by atoms with Crippen LogP contribution in [-0.2, 0) is 0 Å². The van der Waals surface area contributed by atoms with E-state index in [9.17, 15) is 4.79 Å². The number of hydrogen-bond donors (Lipinski definition) is 1. The summed E-state index contributed by atoms with van der Waals surface area (Å²) >= 11 is 0. The first-order valence-corrected chi connectivity index (χ1v) is 7.92. The van der Waals surface area contributed by atoms with Crippen LogP contribution in [0.15, 0.2) is 97.6 Å². The molecule has 0 bridgehead atoms. The van der Waals surface area contributed by atoms with E-state index in [1.54, 1.807) is 18.2 Å². The molecule has 118 valence electrons. The highest BCUT2D eigenvalue weighted by Gasteiger charge is 2.16. The standard InChI is InChI=1S/C22H19NO/c1-2-21(23-22(24)18-13-7-4-8-14-18)20-16-10-9-15-19(20)17-11-5-3-6-12-17/h2-16,21H,1H2,(H,23,24). The summed E-state index contributed by atoms with van der Waals surface area (Å²) < 4.78 is 0. The van der Waals surface area contributed by atoms with Gasteiger partial charge in [-0.3, -0.25) is 4.79 Å². The molecule has 1 amide bonds. The van der Waals surface area contributed by atoms with Crippen LogP contribution in [-0.4, -0.2) is 5.91 Å². The molecule has 3 aromatic rings. The zero-order chi connectivity index (χ0) is 16.8. The minimum atomic E-state index is -0.255. The molecule has 0 aromatic heterocycles. The second-order valence-electron chi connectivity index (χ2n) is 5.51. The number of rotatable bonds is 5. The molecule has 3 aromatic carbocycles. The Labute approximate surface area is 142 Å². The van der Waals surface area contributed by atoms with Crippen LogP contribution in [0.25, 0.3) is 11.1 Å². The summed E-state index contributed by atoms with van der Waals surface area (Å²) in [5, 5.41) is 3.05. The Hall–Kier alpha value is -3.13. The molecule has 24 heavy (non-hydrogen) atoms. The van der Waals surface area contributed by atoms with Gasteiger partial charge in [0.25, 0.3) is 5.91 Å². The van der Waals surface area contributed by atoms with Gasteiger partial charge in [-0.2, -0.15) is 0 Å². The highest BCUT2D eigenvalue weighted by molar-refractivity contribution is 5.94. The Morgan fingerprint density at radius 3 is 2.08 bits per heavy atom. The van der Waals surface area contributed by atoms with E-state index in [1.165, 1.54) is 0 Å². The highest BCUT2D eigenvalue weighted by atomic mass is 16.1. The fourth-order valence-corrected chi connectivity index (χ4v) is 2.73. The first-order chi connectivity index (χ1) is 11.8. The summed E-state index contributed by atoms with van der Waals surface area (Å²) in [4.78, 5) is 12.5. The minimum Gasteiger partial charge on any atom is -0.342 e. The van der Waals surface area contributed by atoms with E-state index in [0.29, 0.717) is 5.56 Å². The van der Waals surface area contributed by atoms with Crippen LogP contribution in [0.3, 0.4) is 0 Å². The van der Waals surface area contributed by atoms with E-state index in [4.69, 9.17) is 0 Å². The lowest BCUT2D eigenvalue weighted by atomic mass is 9.94. The third kappa shape index (κ3) is 3.44. The van der Waals surface area contributed by atoms with Gasteiger partial charge < -0.3 is 5.32 Å². The Morgan fingerprint density at radius 1 is 0.833 bits per heavy atom. The van der Waals surface area contributed by atoms with Gasteiger partial charge in [-0.1, -0.05) is 78.9 Å². The second-order valence-corrected chi connectivity index (χ2v) is 5.51. The van der Waals surface area contributed by atoms with Crippen molar-refractivity contribution in [3.05, 3.63) is 109 Å². The molecule has 1 unspecified atom stereocenters. The van der Waals surface area contributed by atoms with Gasteiger partial charge in [0, 0.05) is 5.56 Å². The van der Waals surface area contributed by atoms with Crippen LogP contribution in [0.5, 0.6) is 0 Å². The maximum atomic E-state index is 12.5. The van der Waals surface area contributed by atoms with Gasteiger partial charge in [0.2, 0.25) is 0 Å². The predicted octanol–water partition coefficient (Wildman–Crippen LogP) is 5.01. The Kier molecular flexibility index (Phi) is 4.87. The molecule has 0 saturated heterocycles. The van der Waals surface area contributed by atoms with Gasteiger partial charge >= 0.3 is 0 Å². The molecule has 0 saturated carbocycles. The van der Waals surface area contributed by atoms with Gasteiger partial charge in [-0.05, 0) is 28.8 Å². The van der Waals surface area contributed by atoms with Crippen molar-refractivity contribution in [3.8, 4) is 11.1 Å². The molecule has 1 N–H and O–H groups in total. The summed E-state index contributed by atoms with van der Waals surface area (Å²) in [7, 11) is 0. The van der Waals surface area contributed by atoms with Gasteiger partial charge in [-0.15, -0.1) is 6.58 Å². The molecule has 2 heteroatoms. The zero-order valence-electron chi connectivity index (χ0n) is 13.4. The molecule has 0 spiro atoms. The molecule has 3 rings (SSSR count). The van der Waals surface area contributed by atoms with E-state index in [2.05, 4.69) is 30.1 Å². The number of benzene rings is 3. The number of amides is 1. The fraction of sp³-hybridized carbons (Fsp3) is 0.0455. The smallest absolute Gasteiger partial charge is 0.252 e. The Balaban J connectivity index is 1.92. The molecule has 0 aliphatic rings. The second kappa shape index (κ2) is 7.42. The molecule has 1 atom stereocenters. The largest absolute Gasteiger partial charge is 0.342 e. The minimum absolute atomic E-state index is 0.108. The van der Waals surface area contributed by atoms with Crippen molar-refractivity contribution in [2.24, 2.45) is 0 Å². The van der Waals surface area contributed by atoms with Gasteiger partial charge in [-0.25, -0.2) is 0 Å². The van der Waals surface area contributed by atoms with Crippen LogP contribution < -0.4 is 5.32 Å². The molecule has 0 aliphatic carbocycles. The van der Waals surface area contributed by atoms with Crippen LogP contribution in [0.4, 0.5) is 0 Å². The first-order valence-electron chi connectivity index (χ1n) is 7.92. The van der Waals surface area contributed by atoms with Gasteiger partial charge in [0.15, 0.2) is 0 Å². The lowest BCUT2D eigenvalue weighted by molar-refractivity contribution is 0.0944. The van der Waals surface area contributed by atoms with Crippen molar-refractivity contribution in [1.29, 1.82) is 0 Å². The average Bonchev–Trinajstić information content (AvgIpc) is 2.67. The number of nitrogens with one attached hydrogen (secondary N) is 1. The van der Waals surface area contributed by atoms with Crippen molar-refractivity contribution in [2.75, 3.05) is 0 Å². The average molecular weight is 313 g/mol. The van der Waals surface area contributed by atoms with Crippen LogP contribution in [0.2, 0.25) is 0 Å². The van der Waals surface area contributed by atoms with Crippen molar-refractivity contribution >= 4 is 5.91 Å². The molecule has 0 aliphatic heterocycles. The van der Waals surface area contributed by atoms with E-state index in [0.717, 1.165) is 16.7 Å². The van der Waals surface area contributed by atoms with Crippen LogP contribution >= 0.6 is 0 Å². The number of carbonyl (C=O) groups is 1. The molecule has 0 heterocycles. The SMILES string of the molecule is C=CC(NC(=O)c1ccccc1)c1ccccc1-c1ccccc1. The Morgan fingerprint density at radius 2 is 1.42 bits per heavy atom. The summed E-state index contributed by atoms with van der Waals surface area (Å²) in [5.74, 6) is -0.108. The van der Waals surface area contributed by atoms with Crippen LogP contribution in [0, 0.1) is 0 Å². The zero-order valence-corrected chi connectivity index (χ0v) is 13.4. The van der Waals surface area contributed by atoms with Crippen LogP contribution in [0.1, 0.15) is 22.0 Å². The maximum absolute atomic E-state index is 12.5. The highest BCUT2D eigenvalue weighted by Crippen LogP contribution is 2.28. The van der Waals surface area contributed by atoms with Crippen molar-refractivity contribution in [2.45, 2.75) is 6.04 Å². The number of carbonyl (C=O) groups excluding carboxylic acids is 1. The molecule has 0 radical (unpaired) electrons. The van der Waals surface area contributed by atoms with E-state index in [1.807, 2.05) is 54.6 Å². The normalized spacial score (nSPS) is 11.5. The third-order valence-electron chi connectivity index (χ3n) is 3.94. The van der Waals surface area contributed by atoms with Gasteiger partial charge in [0.05, 0.1) is 6.04 Å². The molecular weight excluding hydrogens is 294 g/mol.